The van der Waals surface area contributed by atoms with Crippen molar-refractivity contribution in [1.29, 1.82) is 0 Å². The van der Waals surface area contributed by atoms with Crippen molar-refractivity contribution in [3.8, 4) is 0 Å². The first-order valence-electron chi connectivity index (χ1n) is 6.11. The van der Waals surface area contributed by atoms with Gasteiger partial charge < -0.3 is 20.6 Å². The van der Waals surface area contributed by atoms with Crippen molar-refractivity contribution in [3.63, 3.8) is 0 Å². The average Bonchev–Trinajstić information content (AvgIpc) is 2.76. The van der Waals surface area contributed by atoms with Crippen LogP contribution in [0.3, 0.4) is 0 Å². The number of nitrogens with two attached hydrogens (primary N) is 1. The maximum absolute atomic E-state index is 8.81. The SMILES string of the molecule is N/C(=N/O)c1ncccc1N1CC2CCC(C1)O2. The fraction of sp³-hybridized carbons (Fsp3) is 0.500. The standard InChI is InChI=1S/C12H16N4O2/c13-12(15-17)11-10(2-1-5-14-11)16-6-8-3-4-9(7-16)18-8/h1-2,5,8-9,17H,3-4,6-7H2,(H2,13,15). The molecule has 0 aliphatic carbocycles. The number of rotatable bonds is 2. The van der Waals surface area contributed by atoms with Crippen LogP contribution >= 0.6 is 0 Å². The molecule has 2 aliphatic rings. The third-order valence-corrected chi connectivity index (χ3v) is 3.52. The summed E-state index contributed by atoms with van der Waals surface area (Å²) < 4.78 is 5.80. The van der Waals surface area contributed by atoms with E-state index in [9.17, 15) is 0 Å². The van der Waals surface area contributed by atoms with E-state index in [0.29, 0.717) is 17.9 Å². The number of hydrogen-bond donors (Lipinski definition) is 2. The molecule has 0 radical (unpaired) electrons. The molecule has 0 spiro atoms. The van der Waals surface area contributed by atoms with Crippen molar-refractivity contribution in [1.82, 2.24) is 4.98 Å². The summed E-state index contributed by atoms with van der Waals surface area (Å²) in [6.07, 6.45) is 4.46. The largest absolute Gasteiger partial charge is 0.409 e. The summed E-state index contributed by atoms with van der Waals surface area (Å²) in [5.74, 6) is 0.0458. The minimum absolute atomic E-state index is 0.0458. The Bertz CT molecular complexity index is 465. The number of hydrogen-bond acceptors (Lipinski definition) is 5. The number of nitrogens with zero attached hydrogens (tertiary/aromatic N) is 3. The highest BCUT2D eigenvalue weighted by Crippen LogP contribution is 2.30. The van der Waals surface area contributed by atoms with Crippen LogP contribution in [-0.4, -0.2) is 41.3 Å². The first kappa shape index (κ1) is 11.3. The van der Waals surface area contributed by atoms with Crippen LogP contribution < -0.4 is 10.6 Å². The quantitative estimate of drug-likeness (QED) is 0.345. The number of ether oxygens (including phenoxy) is 1. The van der Waals surface area contributed by atoms with Gasteiger partial charge in [0.15, 0.2) is 5.84 Å². The molecule has 2 unspecified atom stereocenters. The maximum atomic E-state index is 8.81. The molecule has 6 nitrogen and oxygen atoms in total. The van der Waals surface area contributed by atoms with Crippen LogP contribution in [0.1, 0.15) is 18.5 Å². The minimum atomic E-state index is 0.0458. The first-order chi connectivity index (χ1) is 8.78. The van der Waals surface area contributed by atoms with Gasteiger partial charge >= 0.3 is 0 Å². The van der Waals surface area contributed by atoms with E-state index >= 15 is 0 Å². The lowest BCUT2D eigenvalue weighted by atomic mass is 10.2. The second kappa shape index (κ2) is 4.45. The van der Waals surface area contributed by atoms with E-state index < -0.39 is 0 Å². The second-order valence-corrected chi connectivity index (χ2v) is 4.72. The molecule has 2 aliphatic heterocycles. The lowest BCUT2D eigenvalue weighted by molar-refractivity contribution is 0.0304. The Balaban J connectivity index is 1.92. The zero-order chi connectivity index (χ0) is 12.5. The molecule has 0 aromatic carbocycles. The second-order valence-electron chi connectivity index (χ2n) is 4.72. The van der Waals surface area contributed by atoms with Gasteiger partial charge in [0.1, 0.15) is 5.69 Å². The van der Waals surface area contributed by atoms with Crippen LogP contribution in [-0.2, 0) is 4.74 Å². The fourth-order valence-corrected chi connectivity index (χ4v) is 2.71. The van der Waals surface area contributed by atoms with Crippen molar-refractivity contribution in [2.75, 3.05) is 18.0 Å². The summed E-state index contributed by atoms with van der Waals surface area (Å²) in [5.41, 5.74) is 7.11. The third kappa shape index (κ3) is 1.88. The number of morpholine rings is 1. The highest BCUT2D eigenvalue weighted by molar-refractivity contribution is 6.00. The van der Waals surface area contributed by atoms with Crippen LogP contribution in [0.4, 0.5) is 5.69 Å². The van der Waals surface area contributed by atoms with Crippen LogP contribution in [0.5, 0.6) is 0 Å². The number of fused-ring (bicyclic) bond motifs is 2. The molecule has 3 rings (SSSR count). The van der Waals surface area contributed by atoms with E-state index in [2.05, 4.69) is 15.0 Å². The summed E-state index contributed by atoms with van der Waals surface area (Å²) in [6, 6.07) is 3.81. The zero-order valence-corrected chi connectivity index (χ0v) is 9.99. The summed E-state index contributed by atoms with van der Waals surface area (Å²) in [4.78, 5) is 6.41. The fourth-order valence-electron chi connectivity index (χ4n) is 2.71. The topological polar surface area (TPSA) is 84.0 Å². The molecule has 3 N–H and O–H groups in total. The molecular weight excluding hydrogens is 232 g/mol. The maximum Gasteiger partial charge on any atom is 0.190 e. The van der Waals surface area contributed by atoms with Gasteiger partial charge in [0.05, 0.1) is 17.9 Å². The van der Waals surface area contributed by atoms with Gasteiger partial charge in [0.2, 0.25) is 0 Å². The third-order valence-electron chi connectivity index (χ3n) is 3.52. The molecule has 2 fully saturated rings. The number of amidine groups is 1. The van der Waals surface area contributed by atoms with E-state index in [-0.39, 0.29) is 5.84 Å². The van der Waals surface area contributed by atoms with Crippen molar-refractivity contribution in [3.05, 3.63) is 24.0 Å². The van der Waals surface area contributed by atoms with Crippen molar-refractivity contribution in [2.24, 2.45) is 10.9 Å². The monoisotopic (exact) mass is 248 g/mol. The Morgan fingerprint density at radius 2 is 2.17 bits per heavy atom. The van der Waals surface area contributed by atoms with Gasteiger partial charge in [-0.2, -0.15) is 0 Å². The number of anilines is 1. The molecule has 2 bridgehead atoms. The highest BCUT2D eigenvalue weighted by atomic mass is 16.5. The van der Waals surface area contributed by atoms with E-state index in [4.69, 9.17) is 15.7 Å². The molecule has 1 aromatic rings. The molecule has 3 heterocycles. The molecule has 0 saturated carbocycles. The molecule has 0 amide bonds. The van der Waals surface area contributed by atoms with Gasteiger partial charge in [-0.1, -0.05) is 5.16 Å². The number of aromatic nitrogens is 1. The summed E-state index contributed by atoms with van der Waals surface area (Å²) in [6.45, 7) is 1.68. The van der Waals surface area contributed by atoms with Crippen molar-refractivity contribution < 1.29 is 9.94 Å². The molecule has 6 heteroatoms. The summed E-state index contributed by atoms with van der Waals surface area (Å²) in [7, 11) is 0. The Morgan fingerprint density at radius 3 is 2.83 bits per heavy atom. The number of pyridine rings is 1. The van der Waals surface area contributed by atoms with E-state index in [0.717, 1.165) is 31.6 Å². The van der Waals surface area contributed by atoms with Crippen molar-refractivity contribution in [2.45, 2.75) is 25.0 Å². The normalized spacial score (nSPS) is 27.6. The lowest BCUT2D eigenvalue weighted by Gasteiger charge is -2.34. The van der Waals surface area contributed by atoms with Crippen LogP contribution in [0, 0.1) is 0 Å². The van der Waals surface area contributed by atoms with Crippen molar-refractivity contribution >= 4 is 11.5 Å². The Kier molecular flexibility index (Phi) is 2.79. The zero-order valence-electron chi connectivity index (χ0n) is 9.99. The van der Waals surface area contributed by atoms with Gasteiger partial charge in [-0.3, -0.25) is 4.98 Å². The van der Waals surface area contributed by atoms with E-state index in [1.807, 2.05) is 12.1 Å². The van der Waals surface area contributed by atoms with E-state index in [1.165, 1.54) is 0 Å². The van der Waals surface area contributed by atoms with Gasteiger partial charge in [0.25, 0.3) is 0 Å². The van der Waals surface area contributed by atoms with Gasteiger partial charge in [0, 0.05) is 19.3 Å². The molecule has 96 valence electrons. The molecular formula is C12H16N4O2. The first-order valence-corrected chi connectivity index (χ1v) is 6.11. The Hall–Kier alpha value is -1.82. The molecule has 2 atom stereocenters. The summed E-state index contributed by atoms with van der Waals surface area (Å²) >= 11 is 0. The molecule has 18 heavy (non-hydrogen) atoms. The average molecular weight is 248 g/mol. The number of oxime groups is 1. The van der Waals surface area contributed by atoms with Crippen LogP contribution in [0.25, 0.3) is 0 Å². The lowest BCUT2D eigenvalue weighted by Crippen LogP contribution is -2.43. The Morgan fingerprint density at radius 1 is 1.44 bits per heavy atom. The van der Waals surface area contributed by atoms with E-state index in [1.54, 1.807) is 6.20 Å². The molecule has 1 aromatic heterocycles. The highest BCUT2D eigenvalue weighted by Gasteiger charge is 2.34. The van der Waals surface area contributed by atoms with Gasteiger partial charge in [-0.15, -0.1) is 0 Å². The van der Waals surface area contributed by atoms with Crippen LogP contribution in [0.15, 0.2) is 23.5 Å². The minimum Gasteiger partial charge on any atom is -0.409 e. The summed E-state index contributed by atoms with van der Waals surface area (Å²) in [5, 5.41) is 11.8. The predicted octanol–water partition coefficient (Wildman–Crippen LogP) is 0.544. The molecule has 2 saturated heterocycles. The van der Waals surface area contributed by atoms with Crippen LogP contribution in [0.2, 0.25) is 0 Å². The Labute approximate surface area is 105 Å². The predicted molar refractivity (Wildman–Crippen MR) is 66.9 cm³/mol. The van der Waals surface area contributed by atoms with Gasteiger partial charge in [-0.25, -0.2) is 0 Å². The van der Waals surface area contributed by atoms with Gasteiger partial charge in [-0.05, 0) is 25.0 Å². The smallest absolute Gasteiger partial charge is 0.190 e.